The van der Waals surface area contributed by atoms with E-state index in [1.165, 1.54) is 0 Å². The molecule has 160 valence electrons. The Kier molecular flexibility index (Phi) is 5.97. The van der Waals surface area contributed by atoms with Gasteiger partial charge in [0.25, 0.3) is 5.91 Å². The van der Waals surface area contributed by atoms with E-state index in [2.05, 4.69) is 10.2 Å². The van der Waals surface area contributed by atoms with Crippen molar-refractivity contribution in [2.45, 2.75) is 13.8 Å². The number of hydrogen-bond donors (Lipinski definition) is 0. The third kappa shape index (κ3) is 4.42. The van der Waals surface area contributed by atoms with Gasteiger partial charge in [0.2, 0.25) is 11.8 Å². The molecule has 1 aliphatic heterocycles. The van der Waals surface area contributed by atoms with Gasteiger partial charge in [-0.2, -0.15) is 0 Å². The molecule has 0 bridgehead atoms. The van der Waals surface area contributed by atoms with Gasteiger partial charge in [-0.3, -0.25) is 4.79 Å². The van der Waals surface area contributed by atoms with Crippen LogP contribution in [0.1, 0.15) is 22.8 Å². The summed E-state index contributed by atoms with van der Waals surface area (Å²) in [5, 5.41) is 8.30. The number of piperazine rings is 1. The molecule has 2 amide bonds. The molecule has 0 unspecified atom stereocenters. The second kappa shape index (κ2) is 8.99. The maximum Gasteiger partial charge on any atom is 0.409 e. The molecule has 1 saturated heterocycles. The predicted molar refractivity (Wildman–Crippen MR) is 114 cm³/mol. The normalized spacial score (nSPS) is 13.9. The summed E-state index contributed by atoms with van der Waals surface area (Å²) in [6.45, 7) is 5.99. The Morgan fingerprint density at radius 3 is 2.26 bits per heavy atom. The number of ether oxygens (including phenoxy) is 1. The number of aryl methyl sites for hydroxylation is 1. The smallest absolute Gasteiger partial charge is 0.409 e. The van der Waals surface area contributed by atoms with Crippen LogP contribution in [0.4, 0.5) is 4.79 Å². The fraction of sp³-hybridized carbons (Fsp3) is 0.304. The molecule has 1 aliphatic rings. The average Bonchev–Trinajstić information content (AvgIpc) is 3.29. The van der Waals surface area contributed by atoms with Crippen LogP contribution in [0.5, 0.6) is 0 Å². The second-order valence-corrected chi connectivity index (χ2v) is 7.28. The van der Waals surface area contributed by atoms with E-state index in [-0.39, 0.29) is 12.0 Å². The zero-order valence-corrected chi connectivity index (χ0v) is 17.6. The minimum atomic E-state index is -0.330. The van der Waals surface area contributed by atoms with Crippen LogP contribution in [0.25, 0.3) is 22.9 Å². The molecule has 31 heavy (non-hydrogen) atoms. The van der Waals surface area contributed by atoms with Gasteiger partial charge >= 0.3 is 6.09 Å². The van der Waals surface area contributed by atoms with Crippen molar-refractivity contribution >= 4 is 12.0 Å². The van der Waals surface area contributed by atoms with Crippen molar-refractivity contribution in [2.24, 2.45) is 0 Å². The zero-order chi connectivity index (χ0) is 21.8. The Labute approximate surface area is 180 Å². The first-order valence-corrected chi connectivity index (χ1v) is 10.3. The highest BCUT2D eigenvalue weighted by atomic mass is 16.6. The quantitative estimate of drug-likeness (QED) is 0.640. The first kappa shape index (κ1) is 20.6. The second-order valence-electron chi connectivity index (χ2n) is 7.28. The molecule has 1 fully saturated rings. The van der Waals surface area contributed by atoms with Gasteiger partial charge in [0.05, 0.1) is 6.61 Å². The van der Waals surface area contributed by atoms with E-state index in [4.69, 9.17) is 9.15 Å². The van der Waals surface area contributed by atoms with Gasteiger partial charge in [0, 0.05) is 42.9 Å². The maximum atomic E-state index is 12.8. The third-order valence-electron chi connectivity index (χ3n) is 5.27. The summed E-state index contributed by atoms with van der Waals surface area (Å²) in [6.07, 6.45) is -0.330. The van der Waals surface area contributed by atoms with E-state index in [1.54, 1.807) is 41.0 Å². The summed E-state index contributed by atoms with van der Waals surface area (Å²) in [7, 11) is 0. The Morgan fingerprint density at radius 1 is 0.935 bits per heavy atom. The predicted octanol–water partition coefficient (Wildman–Crippen LogP) is 3.63. The highest BCUT2D eigenvalue weighted by Gasteiger charge is 2.25. The number of nitrogens with zero attached hydrogens (tertiary/aromatic N) is 4. The molecule has 2 heterocycles. The summed E-state index contributed by atoms with van der Waals surface area (Å²) in [4.78, 5) is 28.0. The Hall–Kier alpha value is -3.68. The minimum absolute atomic E-state index is 0.0683. The lowest BCUT2D eigenvalue weighted by atomic mass is 10.1. The van der Waals surface area contributed by atoms with E-state index in [9.17, 15) is 9.59 Å². The standard InChI is InChI=1S/C23H24N4O4/c1-3-30-23(29)27-14-12-26(13-15-27)22(28)18-10-8-17(9-11-18)20-24-25-21(31-20)19-7-5-4-6-16(19)2/h4-11H,3,12-15H2,1-2H3. The van der Waals surface area contributed by atoms with Crippen molar-refractivity contribution in [1.82, 2.24) is 20.0 Å². The first-order chi connectivity index (χ1) is 15.1. The van der Waals surface area contributed by atoms with Crippen LogP contribution in [0, 0.1) is 6.92 Å². The molecule has 8 heteroatoms. The van der Waals surface area contributed by atoms with Crippen molar-refractivity contribution in [3.8, 4) is 22.9 Å². The van der Waals surface area contributed by atoms with Crippen LogP contribution >= 0.6 is 0 Å². The van der Waals surface area contributed by atoms with Crippen molar-refractivity contribution in [3.63, 3.8) is 0 Å². The molecular formula is C23H24N4O4. The van der Waals surface area contributed by atoms with Gasteiger partial charge in [-0.25, -0.2) is 4.79 Å². The number of amides is 2. The average molecular weight is 420 g/mol. The molecule has 4 rings (SSSR count). The van der Waals surface area contributed by atoms with Gasteiger partial charge in [0.15, 0.2) is 0 Å². The molecule has 3 aromatic rings. The van der Waals surface area contributed by atoms with E-state index < -0.39 is 0 Å². The van der Waals surface area contributed by atoms with E-state index in [1.807, 2.05) is 31.2 Å². The number of hydrogen-bond acceptors (Lipinski definition) is 6. The number of carbonyl (C=O) groups is 2. The number of benzene rings is 2. The third-order valence-corrected chi connectivity index (χ3v) is 5.27. The molecule has 0 radical (unpaired) electrons. The van der Waals surface area contributed by atoms with E-state index >= 15 is 0 Å². The van der Waals surface area contributed by atoms with Gasteiger partial charge in [-0.1, -0.05) is 18.2 Å². The van der Waals surface area contributed by atoms with Gasteiger partial charge < -0.3 is 19.0 Å². The number of aromatic nitrogens is 2. The van der Waals surface area contributed by atoms with Gasteiger partial charge in [-0.15, -0.1) is 10.2 Å². The minimum Gasteiger partial charge on any atom is -0.450 e. The van der Waals surface area contributed by atoms with Crippen LogP contribution < -0.4 is 0 Å². The molecule has 0 atom stereocenters. The molecule has 1 aromatic heterocycles. The molecular weight excluding hydrogens is 396 g/mol. The van der Waals surface area contributed by atoms with Crippen LogP contribution in [0.3, 0.4) is 0 Å². The number of rotatable bonds is 4. The highest BCUT2D eigenvalue weighted by Crippen LogP contribution is 2.26. The van der Waals surface area contributed by atoms with Gasteiger partial charge in [-0.05, 0) is 49.7 Å². The molecule has 0 spiro atoms. The molecule has 0 aliphatic carbocycles. The summed E-state index contributed by atoms with van der Waals surface area (Å²) < 4.78 is 10.9. The first-order valence-electron chi connectivity index (χ1n) is 10.3. The summed E-state index contributed by atoms with van der Waals surface area (Å²) in [5.74, 6) is 0.800. The summed E-state index contributed by atoms with van der Waals surface area (Å²) in [5.41, 5.74) is 3.28. The summed E-state index contributed by atoms with van der Waals surface area (Å²) >= 11 is 0. The van der Waals surface area contributed by atoms with E-state index in [0.29, 0.717) is 50.1 Å². The Morgan fingerprint density at radius 2 is 1.58 bits per heavy atom. The van der Waals surface area contributed by atoms with Crippen molar-refractivity contribution in [1.29, 1.82) is 0 Å². The highest BCUT2D eigenvalue weighted by molar-refractivity contribution is 5.94. The topological polar surface area (TPSA) is 88.8 Å². The summed E-state index contributed by atoms with van der Waals surface area (Å²) in [6, 6.07) is 14.9. The fourth-order valence-corrected chi connectivity index (χ4v) is 3.51. The Balaban J connectivity index is 1.42. The monoisotopic (exact) mass is 420 g/mol. The lowest BCUT2D eigenvalue weighted by Gasteiger charge is -2.34. The van der Waals surface area contributed by atoms with Crippen LogP contribution in [0.15, 0.2) is 52.9 Å². The SMILES string of the molecule is CCOC(=O)N1CCN(C(=O)c2ccc(-c3nnc(-c4ccccc4C)o3)cc2)CC1. The van der Waals surface area contributed by atoms with Crippen molar-refractivity contribution in [2.75, 3.05) is 32.8 Å². The van der Waals surface area contributed by atoms with Crippen LogP contribution in [-0.4, -0.2) is 64.8 Å². The lowest BCUT2D eigenvalue weighted by Crippen LogP contribution is -2.50. The lowest BCUT2D eigenvalue weighted by molar-refractivity contribution is 0.0570. The largest absolute Gasteiger partial charge is 0.450 e. The fourth-order valence-electron chi connectivity index (χ4n) is 3.51. The number of carbonyl (C=O) groups excluding carboxylic acids is 2. The van der Waals surface area contributed by atoms with Crippen molar-refractivity contribution in [3.05, 3.63) is 59.7 Å². The maximum absolute atomic E-state index is 12.8. The zero-order valence-electron chi connectivity index (χ0n) is 17.6. The van der Waals surface area contributed by atoms with Crippen LogP contribution in [0.2, 0.25) is 0 Å². The Bertz CT molecular complexity index is 1070. The molecule has 8 nitrogen and oxygen atoms in total. The van der Waals surface area contributed by atoms with Crippen molar-refractivity contribution < 1.29 is 18.7 Å². The van der Waals surface area contributed by atoms with Crippen LogP contribution in [-0.2, 0) is 4.74 Å². The molecule has 0 saturated carbocycles. The molecule has 2 aromatic carbocycles. The van der Waals surface area contributed by atoms with Gasteiger partial charge in [0.1, 0.15) is 0 Å². The van der Waals surface area contributed by atoms with E-state index in [0.717, 1.165) is 16.7 Å². The molecule has 0 N–H and O–H groups in total.